The lowest BCUT2D eigenvalue weighted by Crippen LogP contribution is -2.48. The van der Waals surface area contributed by atoms with E-state index in [1.807, 2.05) is 25.5 Å². The van der Waals surface area contributed by atoms with Crippen molar-refractivity contribution in [2.75, 3.05) is 25.1 Å². The van der Waals surface area contributed by atoms with Gasteiger partial charge in [-0.25, -0.2) is 21.9 Å². The molecule has 1 N–H and O–H groups in total. The molecule has 1 amide bonds. The Morgan fingerprint density at radius 3 is 2.48 bits per heavy atom. The quantitative estimate of drug-likeness (QED) is 0.593. The summed E-state index contributed by atoms with van der Waals surface area (Å²) in [5.41, 5.74) is 0.873. The maximum Gasteiger partial charge on any atom is 0.300 e. The van der Waals surface area contributed by atoms with Gasteiger partial charge in [0.2, 0.25) is 0 Å². The summed E-state index contributed by atoms with van der Waals surface area (Å²) < 4.78 is 66.3. The molecule has 3 aromatic rings. The van der Waals surface area contributed by atoms with Gasteiger partial charge in [-0.1, -0.05) is 26.8 Å². The van der Waals surface area contributed by atoms with Crippen molar-refractivity contribution in [1.82, 2.24) is 4.72 Å². The fourth-order valence-corrected chi connectivity index (χ4v) is 4.75. The number of rotatable bonds is 5. The van der Waals surface area contributed by atoms with E-state index in [2.05, 4.69) is 0 Å². The molecule has 0 unspecified atom stereocenters. The van der Waals surface area contributed by atoms with Gasteiger partial charge in [0.05, 0.1) is 25.6 Å². The first-order chi connectivity index (χ1) is 15.4. The van der Waals surface area contributed by atoms with Crippen LogP contribution < -0.4 is 14.4 Å². The lowest BCUT2D eigenvalue weighted by Gasteiger charge is -2.36. The van der Waals surface area contributed by atoms with E-state index in [9.17, 15) is 22.0 Å². The predicted molar refractivity (Wildman–Crippen MR) is 120 cm³/mol. The van der Waals surface area contributed by atoms with Crippen LogP contribution in [-0.2, 0) is 15.4 Å². The van der Waals surface area contributed by atoms with Gasteiger partial charge in [-0.2, -0.15) is 0 Å². The normalized spacial score (nSPS) is 14.9. The number of fused-ring (bicyclic) bond motifs is 1. The molecule has 33 heavy (non-hydrogen) atoms. The average molecular weight is 479 g/mol. The summed E-state index contributed by atoms with van der Waals surface area (Å²) >= 11 is 0. The van der Waals surface area contributed by atoms with Gasteiger partial charge in [0.25, 0.3) is 10.0 Å². The number of nitrogens with zero attached hydrogens (tertiary/aromatic N) is 1. The van der Waals surface area contributed by atoms with Gasteiger partial charge in [-0.05, 0) is 29.2 Å². The standard InChI is InChI=1S/C23H24F2N2O5S/c1-23(2,3)13-5-6-18(31-4)21(7-13)33(29,30)26-22(28)20-10-16-17(25)8-15(9-19(16)32-20)27-11-14(24)12-27/h5-10,14H,11-12H2,1-4H3,(H,26,28). The number of carbonyl (C=O) groups is 1. The number of anilines is 1. The molecular formula is C23H24F2N2O5S. The topological polar surface area (TPSA) is 88.8 Å². The molecule has 0 radical (unpaired) electrons. The van der Waals surface area contributed by atoms with Gasteiger partial charge in [-0.3, -0.25) is 4.79 Å². The van der Waals surface area contributed by atoms with Crippen molar-refractivity contribution in [3.05, 3.63) is 53.5 Å². The Bertz CT molecular complexity index is 1340. The first-order valence-corrected chi connectivity index (χ1v) is 11.7. The van der Waals surface area contributed by atoms with Crippen molar-refractivity contribution in [3.63, 3.8) is 0 Å². The number of nitrogens with one attached hydrogen (secondary N) is 1. The number of hydrogen-bond donors (Lipinski definition) is 1. The molecule has 1 aliphatic heterocycles. The Kier molecular flexibility index (Phi) is 5.60. The fraction of sp³-hybridized carbons (Fsp3) is 0.348. The molecule has 1 aliphatic rings. The van der Waals surface area contributed by atoms with Crippen molar-refractivity contribution in [2.45, 2.75) is 37.3 Å². The highest BCUT2D eigenvalue weighted by Crippen LogP contribution is 2.33. The molecule has 0 saturated carbocycles. The Hall–Kier alpha value is -3.14. The summed E-state index contributed by atoms with van der Waals surface area (Å²) in [6.45, 7) is 6.07. The number of sulfonamides is 1. The molecule has 2 heterocycles. The van der Waals surface area contributed by atoms with Crippen LogP contribution in [0.15, 0.2) is 45.7 Å². The summed E-state index contributed by atoms with van der Waals surface area (Å²) in [5.74, 6) is -2.01. The molecule has 1 fully saturated rings. The first-order valence-electron chi connectivity index (χ1n) is 10.3. The Morgan fingerprint density at radius 2 is 1.88 bits per heavy atom. The van der Waals surface area contributed by atoms with Crippen LogP contribution in [0.25, 0.3) is 11.0 Å². The summed E-state index contributed by atoms with van der Waals surface area (Å²) in [4.78, 5) is 14.2. The zero-order valence-corrected chi connectivity index (χ0v) is 19.4. The van der Waals surface area contributed by atoms with E-state index in [4.69, 9.17) is 9.15 Å². The molecule has 1 aromatic heterocycles. The summed E-state index contributed by atoms with van der Waals surface area (Å²) in [5, 5.41) is 0.0194. The van der Waals surface area contributed by atoms with Gasteiger partial charge in [0.15, 0.2) is 5.76 Å². The molecule has 1 saturated heterocycles. The Balaban J connectivity index is 1.64. The van der Waals surface area contributed by atoms with E-state index >= 15 is 0 Å². The Labute approximate surface area is 190 Å². The fourth-order valence-electron chi connectivity index (χ4n) is 3.59. The van der Waals surface area contributed by atoms with E-state index in [0.29, 0.717) is 5.69 Å². The number of halogens is 2. The third kappa shape index (κ3) is 4.39. The van der Waals surface area contributed by atoms with Gasteiger partial charge in [0, 0.05) is 17.8 Å². The SMILES string of the molecule is COc1ccc(C(C)(C)C)cc1S(=O)(=O)NC(=O)c1cc2c(F)cc(N3CC(F)C3)cc2o1. The van der Waals surface area contributed by atoms with Crippen LogP contribution in [0, 0.1) is 5.82 Å². The second-order valence-corrected chi connectivity index (χ2v) is 10.7. The van der Waals surface area contributed by atoms with Crippen molar-refractivity contribution < 1.29 is 31.1 Å². The maximum absolute atomic E-state index is 14.6. The average Bonchev–Trinajstić information content (AvgIpc) is 3.15. The zero-order valence-electron chi connectivity index (χ0n) is 18.6. The van der Waals surface area contributed by atoms with Gasteiger partial charge >= 0.3 is 5.91 Å². The van der Waals surface area contributed by atoms with E-state index < -0.39 is 27.9 Å². The molecule has 176 valence electrons. The van der Waals surface area contributed by atoms with Gasteiger partial charge in [-0.15, -0.1) is 0 Å². The van der Waals surface area contributed by atoms with Crippen molar-refractivity contribution in [2.24, 2.45) is 0 Å². The summed E-state index contributed by atoms with van der Waals surface area (Å²) in [6, 6.07) is 8.58. The number of benzene rings is 2. The number of carbonyl (C=O) groups excluding carboxylic acids is 1. The van der Waals surface area contributed by atoms with Gasteiger partial charge in [0.1, 0.15) is 28.2 Å². The minimum atomic E-state index is -4.33. The highest BCUT2D eigenvalue weighted by Gasteiger charge is 2.29. The number of methoxy groups -OCH3 is 1. The largest absolute Gasteiger partial charge is 0.495 e. The monoisotopic (exact) mass is 478 g/mol. The third-order valence-corrected chi connectivity index (χ3v) is 6.90. The molecule has 7 nitrogen and oxygen atoms in total. The third-order valence-electron chi connectivity index (χ3n) is 5.54. The zero-order chi connectivity index (χ0) is 24.1. The molecule has 0 atom stereocenters. The summed E-state index contributed by atoms with van der Waals surface area (Å²) in [7, 11) is -3.00. The minimum Gasteiger partial charge on any atom is -0.495 e. The predicted octanol–water partition coefficient (Wildman–Crippen LogP) is 4.15. The molecule has 0 spiro atoms. The second kappa shape index (κ2) is 8.02. The highest BCUT2D eigenvalue weighted by molar-refractivity contribution is 7.90. The minimum absolute atomic E-state index is 0.0194. The molecule has 2 aromatic carbocycles. The maximum atomic E-state index is 14.6. The molecular weight excluding hydrogens is 454 g/mol. The lowest BCUT2D eigenvalue weighted by molar-refractivity contribution is 0.0956. The van der Waals surface area contributed by atoms with Crippen LogP contribution in [0.1, 0.15) is 36.9 Å². The molecule has 0 bridgehead atoms. The highest BCUT2D eigenvalue weighted by atomic mass is 32.2. The van der Waals surface area contributed by atoms with Crippen LogP contribution in [0.2, 0.25) is 0 Å². The Morgan fingerprint density at radius 1 is 1.18 bits per heavy atom. The van der Waals surface area contributed by atoms with E-state index in [1.54, 1.807) is 11.0 Å². The molecule has 4 rings (SSSR count). The number of amides is 1. The number of alkyl halides is 1. The number of furan rings is 1. The number of hydrogen-bond acceptors (Lipinski definition) is 6. The smallest absolute Gasteiger partial charge is 0.300 e. The van der Waals surface area contributed by atoms with Gasteiger partial charge < -0.3 is 14.1 Å². The van der Waals surface area contributed by atoms with Crippen LogP contribution in [-0.4, -0.2) is 40.7 Å². The van der Waals surface area contributed by atoms with E-state index in [1.165, 1.54) is 31.4 Å². The van der Waals surface area contributed by atoms with Crippen LogP contribution in [0.4, 0.5) is 14.5 Å². The molecule has 0 aliphatic carbocycles. The van der Waals surface area contributed by atoms with Crippen LogP contribution in [0.3, 0.4) is 0 Å². The second-order valence-electron chi connectivity index (χ2n) is 9.00. The van der Waals surface area contributed by atoms with Crippen molar-refractivity contribution in [3.8, 4) is 5.75 Å². The molecule has 10 heteroatoms. The van der Waals surface area contributed by atoms with Crippen LogP contribution >= 0.6 is 0 Å². The van der Waals surface area contributed by atoms with Crippen LogP contribution in [0.5, 0.6) is 5.75 Å². The van der Waals surface area contributed by atoms with Crippen molar-refractivity contribution >= 4 is 32.6 Å². The van der Waals surface area contributed by atoms with E-state index in [0.717, 1.165) is 11.6 Å². The lowest BCUT2D eigenvalue weighted by atomic mass is 9.87. The van der Waals surface area contributed by atoms with E-state index in [-0.39, 0.29) is 45.9 Å². The summed E-state index contributed by atoms with van der Waals surface area (Å²) in [6.07, 6.45) is -0.972. The van der Waals surface area contributed by atoms with Crippen molar-refractivity contribution in [1.29, 1.82) is 0 Å². The number of ether oxygens (including phenoxy) is 1. The first kappa shape index (κ1) is 23.0.